The van der Waals surface area contributed by atoms with Crippen LogP contribution in [0.1, 0.15) is 42.6 Å². The van der Waals surface area contributed by atoms with E-state index >= 15 is 0 Å². The summed E-state index contributed by atoms with van der Waals surface area (Å²) >= 11 is 0. The van der Waals surface area contributed by atoms with E-state index in [4.69, 9.17) is 9.47 Å². The largest absolute Gasteiger partial charge is 0.497 e. The molecule has 0 bridgehead atoms. The Hall–Kier alpha value is -3.82. The number of hydrogen-bond donors (Lipinski definition) is 1. The van der Waals surface area contributed by atoms with E-state index in [2.05, 4.69) is 0 Å². The lowest BCUT2D eigenvalue weighted by molar-refractivity contribution is -0.190. The van der Waals surface area contributed by atoms with Crippen molar-refractivity contribution in [2.24, 2.45) is 5.41 Å². The molecule has 0 fully saturated rings. The number of rotatable bonds is 6. The Balaban J connectivity index is 1.84. The highest BCUT2D eigenvalue weighted by Crippen LogP contribution is 2.52. The van der Waals surface area contributed by atoms with Gasteiger partial charge in [-0.25, -0.2) is 0 Å². The quantitative estimate of drug-likeness (QED) is 0.615. The molecule has 1 aliphatic heterocycles. The Labute approximate surface area is 212 Å². The third-order valence-corrected chi connectivity index (χ3v) is 6.68. The van der Waals surface area contributed by atoms with Gasteiger partial charge in [0.15, 0.2) is 5.78 Å². The highest BCUT2D eigenvalue weighted by molar-refractivity contribution is 6.14. The monoisotopic (exact) mass is 516 g/mol. The Bertz CT molecular complexity index is 1280. The van der Waals surface area contributed by atoms with Crippen LogP contribution in [0.15, 0.2) is 59.8 Å². The number of nitrogens with one attached hydrogen (secondary N) is 1. The molecule has 4 rings (SSSR count). The molecular formula is C27H27F3N2O5. The predicted molar refractivity (Wildman–Crippen MR) is 128 cm³/mol. The highest BCUT2D eigenvalue weighted by Gasteiger charge is 2.71. The van der Waals surface area contributed by atoms with E-state index < -0.39 is 40.3 Å². The van der Waals surface area contributed by atoms with Crippen LogP contribution >= 0.6 is 0 Å². The number of ketones is 1. The first kappa shape index (κ1) is 26.2. The summed E-state index contributed by atoms with van der Waals surface area (Å²) in [6, 6.07) is 12.0. The fraction of sp³-hybridized carbons (Fsp3) is 0.370. The average Bonchev–Trinajstić information content (AvgIpc) is 3.07. The molecule has 2 aliphatic rings. The van der Waals surface area contributed by atoms with Crippen molar-refractivity contribution in [3.8, 4) is 11.5 Å². The number of ether oxygens (including phenoxy) is 2. The molecule has 0 saturated carbocycles. The van der Waals surface area contributed by atoms with Crippen LogP contribution in [0.2, 0.25) is 0 Å². The van der Waals surface area contributed by atoms with Gasteiger partial charge in [-0.1, -0.05) is 32.0 Å². The predicted octanol–water partition coefficient (Wildman–Crippen LogP) is 4.42. The molecule has 1 heterocycles. The summed E-state index contributed by atoms with van der Waals surface area (Å²) in [7, 11) is 2.83. The van der Waals surface area contributed by atoms with Crippen molar-refractivity contribution in [1.29, 1.82) is 0 Å². The van der Waals surface area contributed by atoms with E-state index in [0.29, 0.717) is 11.3 Å². The summed E-state index contributed by atoms with van der Waals surface area (Å²) < 4.78 is 55.0. The van der Waals surface area contributed by atoms with Gasteiger partial charge in [0.25, 0.3) is 11.8 Å². The number of benzene rings is 2. The maximum Gasteiger partial charge on any atom is 0.425 e. The number of alkyl halides is 3. The molecule has 0 aromatic heterocycles. The van der Waals surface area contributed by atoms with E-state index in [1.807, 2.05) is 5.32 Å². The zero-order chi connectivity index (χ0) is 27.2. The summed E-state index contributed by atoms with van der Waals surface area (Å²) in [6.45, 7) is 3.30. The van der Waals surface area contributed by atoms with Crippen LogP contribution < -0.4 is 14.8 Å². The second-order valence-corrected chi connectivity index (χ2v) is 9.94. The van der Waals surface area contributed by atoms with Crippen LogP contribution in [0.3, 0.4) is 0 Å². The van der Waals surface area contributed by atoms with Crippen molar-refractivity contribution < 1.29 is 37.0 Å². The number of nitrogens with zero attached hydrogens (tertiary/aromatic N) is 1. The molecule has 37 heavy (non-hydrogen) atoms. The first-order chi connectivity index (χ1) is 17.3. The van der Waals surface area contributed by atoms with Gasteiger partial charge in [0.1, 0.15) is 11.5 Å². The summed E-state index contributed by atoms with van der Waals surface area (Å²) in [5.74, 6) is -2.59. The number of hydrogen-bond acceptors (Lipinski definition) is 5. The Kier molecular flexibility index (Phi) is 6.56. The normalized spacial score (nSPS) is 21.1. The molecule has 2 aromatic carbocycles. The van der Waals surface area contributed by atoms with Crippen molar-refractivity contribution in [2.45, 2.75) is 44.9 Å². The van der Waals surface area contributed by atoms with Crippen molar-refractivity contribution in [3.05, 3.63) is 70.9 Å². The van der Waals surface area contributed by atoms with E-state index in [9.17, 15) is 27.6 Å². The Morgan fingerprint density at radius 3 is 2.24 bits per heavy atom. The van der Waals surface area contributed by atoms with Gasteiger partial charge in [-0.3, -0.25) is 14.4 Å². The highest BCUT2D eigenvalue weighted by atomic mass is 19.4. The molecule has 0 saturated heterocycles. The van der Waals surface area contributed by atoms with Crippen LogP contribution in [0, 0.1) is 5.41 Å². The molecule has 7 nitrogen and oxygen atoms in total. The van der Waals surface area contributed by atoms with Gasteiger partial charge in [0, 0.05) is 17.7 Å². The number of carbonyl (C=O) groups excluding carboxylic acids is 3. The lowest BCUT2D eigenvalue weighted by Gasteiger charge is -2.35. The average molecular weight is 517 g/mol. The van der Waals surface area contributed by atoms with Crippen LogP contribution in [-0.4, -0.2) is 48.4 Å². The van der Waals surface area contributed by atoms with Crippen molar-refractivity contribution in [2.75, 3.05) is 14.2 Å². The summed E-state index contributed by atoms with van der Waals surface area (Å²) in [5, 5.41) is 1.93. The zero-order valence-electron chi connectivity index (χ0n) is 20.9. The summed E-state index contributed by atoms with van der Waals surface area (Å²) in [6.07, 6.45) is -5.42. The number of allylic oxidation sites excluding steroid dienone is 1. The van der Waals surface area contributed by atoms with Gasteiger partial charge in [0.2, 0.25) is 5.54 Å². The van der Waals surface area contributed by atoms with Crippen molar-refractivity contribution >= 4 is 17.6 Å². The van der Waals surface area contributed by atoms with E-state index in [0.717, 1.165) is 4.90 Å². The Morgan fingerprint density at radius 2 is 1.65 bits per heavy atom. The van der Waals surface area contributed by atoms with Crippen LogP contribution in [0.5, 0.6) is 11.5 Å². The molecule has 0 unspecified atom stereocenters. The minimum Gasteiger partial charge on any atom is -0.497 e. The SMILES string of the molecule is COc1ccc(CN2C(=O)[C@@](NC(=O)c3cccc(OC)c3)(C(F)(F)F)C3=C2CC(C)(C)CC3=O)cc1. The van der Waals surface area contributed by atoms with Gasteiger partial charge < -0.3 is 19.7 Å². The van der Waals surface area contributed by atoms with E-state index in [-0.39, 0.29) is 36.4 Å². The van der Waals surface area contributed by atoms with Crippen LogP contribution in [0.25, 0.3) is 0 Å². The fourth-order valence-electron chi connectivity index (χ4n) is 4.91. The molecule has 1 N–H and O–H groups in total. The summed E-state index contributed by atoms with van der Waals surface area (Å²) in [4.78, 5) is 41.1. The molecule has 2 aromatic rings. The van der Waals surface area contributed by atoms with Crippen LogP contribution in [-0.2, 0) is 16.1 Å². The number of halogens is 3. The van der Waals surface area contributed by atoms with Gasteiger partial charge in [-0.15, -0.1) is 0 Å². The van der Waals surface area contributed by atoms with Gasteiger partial charge in [-0.2, -0.15) is 13.2 Å². The van der Waals surface area contributed by atoms with Gasteiger partial charge >= 0.3 is 6.18 Å². The third-order valence-electron chi connectivity index (χ3n) is 6.68. The van der Waals surface area contributed by atoms with Crippen molar-refractivity contribution in [3.63, 3.8) is 0 Å². The molecule has 1 atom stereocenters. The second-order valence-electron chi connectivity index (χ2n) is 9.94. The molecular weight excluding hydrogens is 489 g/mol. The first-order valence-corrected chi connectivity index (χ1v) is 11.6. The maximum atomic E-state index is 14.9. The lowest BCUT2D eigenvalue weighted by Crippen LogP contribution is -2.66. The van der Waals surface area contributed by atoms with Gasteiger partial charge in [-0.05, 0) is 47.7 Å². The smallest absolute Gasteiger partial charge is 0.425 e. The summed E-state index contributed by atoms with van der Waals surface area (Å²) in [5.41, 5.74) is -4.53. The van der Waals surface area contributed by atoms with E-state index in [1.165, 1.54) is 38.5 Å². The standard InChI is InChI=1S/C27H27F3N2O5/c1-25(2)13-20-22(21(33)14-25)26(27(28,29)30,31-23(34)17-6-5-7-19(12-17)37-4)24(35)32(20)15-16-8-10-18(36-3)11-9-16/h5-12H,13-15H2,1-4H3,(H,31,34)/t26-/m1/s1. The minimum absolute atomic E-state index is 0.0228. The minimum atomic E-state index is -5.29. The molecule has 2 amide bonds. The zero-order valence-corrected chi connectivity index (χ0v) is 20.9. The number of methoxy groups -OCH3 is 2. The molecule has 196 valence electrons. The van der Waals surface area contributed by atoms with Crippen LogP contribution in [0.4, 0.5) is 13.2 Å². The number of carbonyl (C=O) groups is 3. The van der Waals surface area contributed by atoms with Crippen molar-refractivity contribution in [1.82, 2.24) is 10.2 Å². The maximum absolute atomic E-state index is 14.9. The first-order valence-electron chi connectivity index (χ1n) is 11.6. The number of Topliss-reactive ketones (excluding diaryl/α,β-unsaturated/α-hetero) is 1. The second kappa shape index (κ2) is 9.24. The molecule has 10 heteroatoms. The number of amides is 2. The topological polar surface area (TPSA) is 84.9 Å². The Morgan fingerprint density at radius 1 is 1.00 bits per heavy atom. The van der Waals surface area contributed by atoms with Gasteiger partial charge in [0.05, 0.1) is 26.3 Å². The molecule has 0 spiro atoms. The molecule has 0 radical (unpaired) electrons. The molecule has 1 aliphatic carbocycles. The lowest BCUT2D eigenvalue weighted by atomic mass is 9.72. The van der Waals surface area contributed by atoms with E-state index in [1.54, 1.807) is 38.1 Å². The third kappa shape index (κ3) is 4.56. The fourth-order valence-corrected chi connectivity index (χ4v) is 4.91.